The first-order valence-corrected chi connectivity index (χ1v) is 11.1. The molecule has 6 nitrogen and oxygen atoms in total. The number of ether oxygens (including phenoxy) is 3. The summed E-state index contributed by atoms with van der Waals surface area (Å²) >= 11 is 0. The van der Waals surface area contributed by atoms with Crippen molar-refractivity contribution in [1.29, 1.82) is 5.26 Å². The number of methoxy groups -OCH3 is 1. The smallest absolute Gasteiger partial charge is 0.254 e. The zero-order chi connectivity index (χ0) is 23.5. The molecule has 0 saturated heterocycles. The number of nitrogens with zero attached hydrogens (tertiary/aromatic N) is 2. The maximum absolute atomic E-state index is 12.9. The van der Waals surface area contributed by atoms with Crippen LogP contribution in [0.5, 0.6) is 17.2 Å². The van der Waals surface area contributed by atoms with Gasteiger partial charge in [0.2, 0.25) is 0 Å². The molecular formula is C26H34N2O4. The normalized spacial score (nSPS) is 10.7. The summed E-state index contributed by atoms with van der Waals surface area (Å²) in [4.78, 5) is 14.8. The van der Waals surface area contributed by atoms with Crippen molar-refractivity contribution >= 4 is 5.91 Å². The van der Waals surface area contributed by atoms with Crippen molar-refractivity contribution in [3.05, 3.63) is 53.6 Å². The Hall–Kier alpha value is -3.20. The second kappa shape index (κ2) is 12.6. The van der Waals surface area contributed by atoms with Gasteiger partial charge < -0.3 is 19.1 Å². The SMILES string of the molecule is COc1cc(C(=O)N(C(C)C)C(C)C)ccc1OCCCCCOc1ccc(C#N)cc1. The summed E-state index contributed by atoms with van der Waals surface area (Å²) < 4.78 is 17.0. The maximum atomic E-state index is 12.9. The lowest BCUT2D eigenvalue weighted by Crippen LogP contribution is -2.42. The lowest BCUT2D eigenvalue weighted by molar-refractivity contribution is 0.0643. The van der Waals surface area contributed by atoms with Crippen LogP contribution in [-0.4, -0.2) is 43.2 Å². The molecule has 32 heavy (non-hydrogen) atoms. The molecule has 2 rings (SSSR count). The molecule has 0 aliphatic heterocycles. The monoisotopic (exact) mass is 438 g/mol. The zero-order valence-electron chi connectivity index (χ0n) is 19.8. The zero-order valence-corrected chi connectivity index (χ0v) is 19.8. The van der Waals surface area contributed by atoms with Gasteiger partial charge in [0.25, 0.3) is 5.91 Å². The third kappa shape index (κ3) is 7.19. The van der Waals surface area contributed by atoms with Crippen molar-refractivity contribution in [2.75, 3.05) is 20.3 Å². The van der Waals surface area contributed by atoms with Crippen molar-refractivity contribution in [2.45, 2.75) is 59.0 Å². The molecule has 2 aromatic rings. The van der Waals surface area contributed by atoms with Gasteiger partial charge in [-0.3, -0.25) is 4.79 Å². The van der Waals surface area contributed by atoms with Gasteiger partial charge in [-0.05, 0) is 89.4 Å². The van der Waals surface area contributed by atoms with Crippen molar-refractivity contribution in [3.63, 3.8) is 0 Å². The van der Waals surface area contributed by atoms with Crippen LogP contribution in [0.4, 0.5) is 0 Å². The van der Waals surface area contributed by atoms with Crippen LogP contribution in [0.25, 0.3) is 0 Å². The van der Waals surface area contributed by atoms with E-state index in [0.29, 0.717) is 35.8 Å². The van der Waals surface area contributed by atoms with Crippen LogP contribution in [0.15, 0.2) is 42.5 Å². The lowest BCUT2D eigenvalue weighted by atomic mass is 10.1. The van der Waals surface area contributed by atoms with E-state index in [1.807, 2.05) is 44.7 Å². The number of carbonyl (C=O) groups is 1. The first-order valence-electron chi connectivity index (χ1n) is 11.1. The van der Waals surface area contributed by atoms with E-state index >= 15 is 0 Å². The summed E-state index contributed by atoms with van der Waals surface area (Å²) in [5.41, 5.74) is 1.22. The van der Waals surface area contributed by atoms with Crippen LogP contribution in [-0.2, 0) is 0 Å². The quantitative estimate of drug-likeness (QED) is 0.412. The Kier molecular flexibility index (Phi) is 9.87. The number of carbonyl (C=O) groups excluding carboxylic acids is 1. The van der Waals surface area contributed by atoms with Gasteiger partial charge in [-0.2, -0.15) is 5.26 Å². The van der Waals surface area contributed by atoms with Gasteiger partial charge in [-0.25, -0.2) is 0 Å². The Morgan fingerprint density at radius 3 is 2.09 bits per heavy atom. The van der Waals surface area contributed by atoms with Crippen LogP contribution in [0.3, 0.4) is 0 Å². The van der Waals surface area contributed by atoms with Gasteiger partial charge in [-0.1, -0.05) is 0 Å². The molecule has 0 saturated carbocycles. The molecule has 0 fully saturated rings. The molecule has 0 radical (unpaired) electrons. The van der Waals surface area contributed by atoms with Gasteiger partial charge in [0.05, 0.1) is 32.0 Å². The average molecular weight is 439 g/mol. The summed E-state index contributed by atoms with van der Waals surface area (Å²) in [6.45, 7) is 9.24. The fourth-order valence-electron chi connectivity index (χ4n) is 3.51. The van der Waals surface area contributed by atoms with Crippen LogP contribution >= 0.6 is 0 Å². The molecule has 0 spiro atoms. The summed E-state index contributed by atoms with van der Waals surface area (Å²) in [7, 11) is 1.58. The van der Waals surface area contributed by atoms with Crippen LogP contribution in [0.2, 0.25) is 0 Å². The Morgan fingerprint density at radius 2 is 1.53 bits per heavy atom. The van der Waals surface area contributed by atoms with Crippen LogP contribution in [0, 0.1) is 11.3 Å². The molecule has 0 aromatic heterocycles. The number of hydrogen-bond acceptors (Lipinski definition) is 5. The van der Waals surface area contributed by atoms with Gasteiger partial charge in [0.15, 0.2) is 11.5 Å². The lowest BCUT2D eigenvalue weighted by Gasteiger charge is -2.31. The van der Waals surface area contributed by atoms with Crippen LogP contribution in [0.1, 0.15) is 62.9 Å². The van der Waals surface area contributed by atoms with Gasteiger partial charge in [-0.15, -0.1) is 0 Å². The topological polar surface area (TPSA) is 71.8 Å². The molecule has 0 atom stereocenters. The fraction of sp³-hybridized carbons (Fsp3) is 0.462. The molecule has 172 valence electrons. The number of benzene rings is 2. The molecule has 0 bridgehead atoms. The minimum Gasteiger partial charge on any atom is -0.494 e. The molecule has 0 unspecified atom stereocenters. The largest absolute Gasteiger partial charge is 0.494 e. The Labute approximate surface area is 191 Å². The number of amides is 1. The van der Waals surface area contributed by atoms with E-state index < -0.39 is 0 Å². The van der Waals surface area contributed by atoms with E-state index in [4.69, 9.17) is 19.5 Å². The van der Waals surface area contributed by atoms with Crippen LogP contribution < -0.4 is 14.2 Å². The van der Waals surface area contributed by atoms with E-state index in [-0.39, 0.29) is 18.0 Å². The van der Waals surface area contributed by atoms with Crippen molar-refractivity contribution < 1.29 is 19.0 Å². The van der Waals surface area contributed by atoms with Crippen molar-refractivity contribution in [2.24, 2.45) is 0 Å². The molecule has 6 heteroatoms. The van der Waals surface area contributed by atoms with Gasteiger partial charge >= 0.3 is 0 Å². The third-order valence-corrected chi connectivity index (χ3v) is 5.06. The molecule has 0 N–H and O–H groups in total. The first kappa shape index (κ1) is 25.1. The van der Waals surface area contributed by atoms with Gasteiger partial charge in [0.1, 0.15) is 5.75 Å². The highest BCUT2D eigenvalue weighted by Gasteiger charge is 2.22. The van der Waals surface area contributed by atoms with E-state index in [1.54, 1.807) is 37.4 Å². The Balaban J connectivity index is 1.79. The second-order valence-corrected chi connectivity index (χ2v) is 8.16. The fourth-order valence-corrected chi connectivity index (χ4v) is 3.51. The molecule has 0 aliphatic rings. The molecular weight excluding hydrogens is 404 g/mol. The molecule has 0 heterocycles. The van der Waals surface area contributed by atoms with E-state index in [9.17, 15) is 4.79 Å². The first-order chi connectivity index (χ1) is 15.4. The Morgan fingerprint density at radius 1 is 0.906 bits per heavy atom. The highest BCUT2D eigenvalue weighted by atomic mass is 16.5. The second-order valence-electron chi connectivity index (χ2n) is 8.16. The predicted molar refractivity (Wildman–Crippen MR) is 125 cm³/mol. The summed E-state index contributed by atoms with van der Waals surface area (Å²) in [6.07, 6.45) is 2.76. The van der Waals surface area contributed by atoms with E-state index in [2.05, 4.69) is 6.07 Å². The van der Waals surface area contributed by atoms with Gasteiger partial charge in [0, 0.05) is 17.6 Å². The standard InChI is InChI=1S/C26H34N2O4/c1-19(2)28(20(3)4)26(29)22-11-14-24(25(17-22)30-5)32-16-8-6-7-15-31-23-12-9-21(18-27)10-13-23/h9-14,17,19-20H,6-8,15-16H2,1-5H3. The average Bonchev–Trinajstić information content (AvgIpc) is 2.78. The number of unbranched alkanes of at least 4 members (excludes halogenated alkanes) is 2. The number of hydrogen-bond donors (Lipinski definition) is 0. The highest BCUT2D eigenvalue weighted by molar-refractivity contribution is 5.95. The summed E-state index contributed by atoms with van der Waals surface area (Å²) in [5.74, 6) is 1.96. The minimum absolute atomic E-state index is 0.0119. The maximum Gasteiger partial charge on any atom is 0.254 e. The molecule has 1 amide bonds. The minimum atomic E-state index is -0.0119. The van der Waals surface area contributed by atoms with Crippen molar-refractivity contribution in [3.8, 4) is 23.3 Å². The van der Waals surface area contributed by atoms with E-state index in [0.717, 1.165) is 25.0 Å². The Bertz CT molecular complexity index is 893. The number of nitriles is 1. The highest BCUT2D eigenvalue weighted by Crippen LogP contribution is 2.29. The number of rotatable bonds is 12. The third-order valence-electron chi connectivity index (χ3n) is 5.06. The van der Waals surface area contributed by atoms with E-state index in [1.165, 1.54) is 0 Å². The molecule has 0 aliphatic carbocycles. The predicted octanol–water partition coefficient (Wildman–Crippen LogP) is 5.45. The summed E-state index contributed by atoms with van der Waals surface area (Å²) in [6, 6.07) is 14.8. The summed E-state index contributed by atoms with van der Waals surface area (Å²) in [5, 5.41) is 8.81. The molecule has 2 aromatic carbocycles. The van der Waals surface area contributed by atoms with Crippen molar-refractivity contribution in [1.82, 2.24) is 4.90 Å².